The smallest absolute Gasteiger partial charge is 0.0591 e. The first-order valence-electron chi connectivity index (χ1n) is 5.63. The number of aryl methyl sites for hydroxylation is 2. The van der Waals surface area contributed by atoms with Crippen molar-refractivity contribution in [1.82, 2.24) is 9.78 Å². The van der Waals surface area contributed by atoms with Crippen LogP contribution in [0.15, 0.2) is 12.4 Å². The molecule has 1 atom stereocenters. The Bertz CT molecular complexity index is 299. The van der Waals surface area contributed by atoms with Crippen molar-refractivity contribution in [2.45, 2.75) is 53.2 Å². The lowest BCUT2D eigenvalue weighted by Gasteiger charge is -2.25. The van der Waals surface area contributed by atoms with Crippen molar-refractivity contribution >= 4 is 0 Å². The Labute approximate surface area is 92.1 Å². The number of aliphatic hydroxyl groups excluding tert-OH is 1. The molecule has 0 amide bonds. The summed E-state index contributed by atoms with van der Waals surface area (Å²) in [5.41, 5.74) is 1.18. The van der Waals surface area contributed by atoms with Crippen molar-refractivity contribution in [1.29, 1.82) is 0 Å². The maximum Gasteiger partial charge on any atom is 0.0591 e. The summed E-state index contributed by atoms with van der Waals surface area (Å²) in [6.07, 6.45) is 5.40. The van der Waals surface area contributed by atoms with Gasteiger partial charge < -0.3 is 5.11 Å². The summed E-state index contributed by atoms with van der Waals surface area (Å²) < 4.78 is 1.92. The minimum Gasteiger partial charge on any atom is -0.393 e. The summed E-state index contributed by atoms with van der Waals surface area (Å²) in [6, 6.07) is 0. The standard InChI is InChI=1S/C12H22N2O/c1-5-14-9-10(8-13-14)6-7-11(15)12(2,3)4/h8-9,11,15H,5-7H2,1-4H3. The van der Waals surface area contributed by atoms with Crippen LogP contribution in [0.25, 0.3) is 0 Å². The molecular formula is C12H22N2O. The van der Waals surface area contributed by atoms with Crippen molar-refractivity contribution in [3.05, 3.63) is 18.0 Å². The molecule has 1 N–H and O–H groups in total. The zero-order chi connectivity index (χ0) is 11.5. The van der Waals surface area contributed by atoms with Gasteiger partial charge in [-0.2, -0.15) is 5.10 Å². The van der Waals surface area contributed by atoms with Crippen LogP contribution in [0.2, 0.25) is 0 Å². The van der Waals surface area contributed by atoms with Crippen molar-refractivity contribution < 1.29 is 5.11 Å². The molecule has 0 aromatic carbocycles. The third kappa shape index (κ3) is 3.67. The number of aromatic nitrogens is 2. The van der Waals surface area contributed by atoms with Crippen LogP contribution in [-0.4, -0.2) is 21.0 Å². The topological polar surface area (TPSA) is 38.0 Å². The van der Waals surface area contributed by atoms with Crippen LogP contribution in [0.4, 0.5) is 0 Å². The van der Waals surface area contributed by atoms with Crippen LogP contribution in [-0.2, 0) is 13.0 Å². The zero-order valence-electron chi connectivity index (χ0n) is 10.2. The quantitative estimate of drug-likeness (QED) is 0.827. The number of hydrogen-bond donors (Lipinski definition) is 1. The van der Waals surface area contributed by atoms with Crippen LogP contribution in [0.1, 0.15) is 39.7 Å². The van der Waals surface area contributed by atoms with E-state index in [1.807, 2.05) is 10.9 Å². The molecule has 15 heavy (non-hydrogen) atoms. The molecule has 1 aromatic rings. The predicted molar refractivity (Wildman–Crippen MR) is 61.7 cm³/mol. The summed E-state index contributed by atoms with van der Waals surface area (Å²) in [5.74, 6) is 0. The molecule has 86 valence electrons. The molecule has 3 heteroatoms. The maximum atomic E-state index is 9.88. The van der Waals surface area contributed by atoms with Crippen LogP contribution in [0, 0.1) is 5.41 Å². The molecule has 1 unspecified atom stereocenters. The monoisotopic (exact) mass is 210 g/mol. The summed E-state index contributed by atoms with van der Waals surface area (Å²) in [4.78, 5) is 0. The predicted octanol–water partition coefficient (Wildman–Crippen LogP) is 2.24. The average molecular weight is 210 g/mol. The van der Waals surface area contributed by atoms with Gasteiger partial charge in [-0.25, -0.2) is 0 Å². The number of aliphatic hydroxyl groups is 1. The van der Waals surface area contributed by atoms with E-state index >= 15 is 0 Å². The average Bonchev–Trinajstić information content (AvgIpc) is 2.60. The molecule has 3 nitrogen and oxygen atoms in total. The van der Waals surface area contributed by atoms with E-state index in [1.54, 1.807) is 0 Å². The van der Waals surface area contributed by atoms with Crippen LogP contribution >= 0.6 is 0 Å². The van der Waals surface area contributed by atoms with Gasteiger partial charge in [0, 0.05) is 12.7 Å². The minimum atomic E-state index is -0.248. The number of hydrogen-bond acceptors (Lipinski definition) is 2. The molecule has 0 radical (unpaired) electrons. The fraction of sp³-hybridized carbons (Fsp3) is 0.750. The Morgan fingerprint density at radius 2 is 2.13 bits per heavy atom. The second kappa shape index (κ2) is 4.79. The second-order valence-electron chi connectivity index (χ2n) is 5.12. The Balaban J connectivity index is 2.43. The Hall–Kier alpha value is -0.830. The molecule has 0 spiro atoms. The lowest BCUT2D eigenvalue weighted by atomic mass is 9.86. The van der Waals surface area contributed by atoms with Crippen LogP contribution in [0.3, 0.4) is 0 Å². The van der Waals surface area contributed by atoms with E-state index in [0.717, 1.165) is 19.4 Å². The highest BCUT2D eigenvalue weighted by Gasteiger charge is 2.21. The van der Waals surface area contributed by atoms with Gasteiger partial charge in [0.15, 0.2) is 0 Å². The third-order valence-corrected chi connectivity index (χ3v) is 2.72. The van der Waals surface area contributed by atoms with Crippen LogP contribution in [0.5, 0.6) is 0 Å². The van der Waals surface area contributed by atoms with Crippen LogP contribution < -0.4 is 0 Å². The molecule has 0 fully saturated rings. The van der Waals surface area contributed by atoms with Gasteiger partial charge in [-0.1, -0.05) is 20.8 Å². The molecule has 1 rings (SSSR count). The molecule has 0 bridgehead atoms. The number of nitrogens with zero attached hydrogens (tertiary/aromatic N) is 2. The van der Waals surface area contributed by atoms with Gasteiger partial charge in [0.2, 0.25) is 0 Å². The van der Waals surface area contributed by atoms with E-state index in [2.05, 4.69) is 39.0 Å². The van der Waals surface area contributed by atoms with E-state index in [9.17, 15) is 5.11 Å². The summed E-state index contributed by atoms with van der Waals surface area (Å²) in [5, 5.41) is 14.1. The molecule has 0 saturated carbocycles. The molecule has 1 aromatic heterocycles. The van der Waals surface area contributed by atoms with Crippen molar-refractivity contribution in [2.75, 3.05) is 0 Å². The van der Waals surface area contributed by atoms with E-state index in [4.69, 9.17) is 0 Å². The highest BCUT2D eigenvalue weighted by Crippen LogP contribution is 2.22. The first-order chi connectivity index (χ1) is 6.93. The molecule has 0 aliphatic heterocycles. The lowest BCUT2D eigenvalue weighted by molar-refractivity contribution is 0.0560. The van der Waals surface area contributed by atoms with Gasteiger partial charge in [-0.05, 0) is 30.7 Å². The molecule has 0 aliphatic carbocycles. The maximum absolute atomic E-state index is 9.88. The molecule has 1 heterocycles. The zero-order valence-corrected chi connectivity index (χ0v) is 10.2. The second-order valence-corrected chi connectivity index (χ2v) is 5.12. The van der Waals surface area contributed by atoms with Crippen molar-refractivity contribution in [2.24, 2.45) is 5.41 Å². The third-order valence-electron chi connectivity index (χ3n) is 2.72. The van der Waals surface area contributed by atoms with Gasteiger partial charge in [0.05, 0.1) is 12.3 Å². The highest BCUT2D eigenvalue weighted by atomic mass is 16.3. The summed E-state index contributed by atoms with van der Waals surface area (Å²) in [7, 11) is 0. The molecule has 0 aliphatic rings. The minimum absolute atomic E-state index is 0.0270. The Morgan fingerprint density at radius 3 is 2.60 bits per heavy atom. The van der Waals surface area contributed by atoms with E-state index in [1.165, 1.54) is 5.56 Å². The molecule has 0 saturated heterocycles. The van der Waals surface area contributed by atoms with Gasteiger partial charge >= 0.3 is 0 Å². The number of rotatable bonds is 4. The van der Waals surface area contributed by atoms with Crippen molar-refractivity contribution in [3.8, 4) is 0 Å². The normalized spacial score (nSPS) is 14.2. The largest absolute Gasteiger partial charge is 0.393 e. The SMILES string of the molecule is CCn1cc(CCC(O)C(C)(C)C)cn1. The first-order valence-corrected chi connectivity index (χ1v) is 5.63. The van der Waals surface area contributed by atoms with E-state index in [0.29, 0.717) is 0 Å². The first kappa shape index (κ1) is 12.2. The van der Waals surface area contributed by atoms with Crippen molar-refractivity contribution in [3.63, 3.8) is 0 Å². The van der Waals surface area contributed by atoms with Gasteiger partial charge in [0.25, 0.3) is 0 Å². The Kier molecular flexibility index (Phi) is 3.91. The Morgan fingerprint density at radius 1 is 1.47 bits per heavy atom. The summed E-state index contributed by atoms with van der Waals surface area (Å²) >= 11 is 0. The lowest BCUT2D eigenvalue weighted by Crippen LogP contribution is -2.26. The van der Waals surface area contributed by atoms with E-state index in [-0.39, 0.29) is 11.5 Å². The summed E-state index contributed by atoms with van der Waals surface area (Å²) in [6.45, 7) is 9.16. The van der Waals surface area contributed by atoms with Gasteiger partial charge in [0.1, 0.15) is 0 Å². The van der Waals surface area contributed by atoms with Gasteiger partial charge in [-0.3, -0.25) is 4.68 Å². The van der Waals surface area contributed by atoms with E-state index < -0.39 is 0 Å². The van der Waals surface area contributed by atoms with Gasteiger partial charge in [-0.15, -0.1) is 0 Å². The fourth-order valence-electron chi connectivity index (χ4n) is 1.44. The fourth-order valence-corrected chi connectivity index (χ4v) is 1.44. The molecular weight excluding hydrogens is 188 g/mol. The highest BCUT2D eigenvalue weighted by molar-refractivity contribution is 5.04.